The summed E-state index contributed by atoms with van der Waals surface area (Å²) in [6, 6.07) is 2.28. The van der Waals surface area contributed by atoms with Gasteiger partial charge in [0.25, 0.3) is 0 Å². The molecule has 0 amide bonds. The third-order valence-corrected chi connectivity index (χ3v) is 9.26. The Bertz CT molecular complexity index is 690. The van der Waals surface area contributed by atoms with E-state index in [-0.39, 0.29) is 16.6 Å². The first-order valence-electron chi connectivity index (χ1n) is 10.5. The van der Waals surface area contributed by atoms with E-state index in [0.29, 0.717) is 24.2 Å². The second kappa shape index (κ2) is 5.34. The fourth-order valence-corrected chi connectivity index (χ4v) is 7.55. The fraction of sp³-hybridized carbons (Fsp3) is 0.864. The van der Waals surface area contributed by atoms with E-state index in [9.17, 15) is 10.4 Å². The van der Waals surface area contributed by atoms with Crippen LogP contribution in [0.15, 0.2) is 11.6 Å². The van der Waals surface area contributed by atoms with E-state index in [2.05, 4.69) is 26.0 Å². The van der Waals surface area contributed by atoms with Crippen molar-refractivity contribution < 1.29 is 14.6 Å². The monoisotopic (exact) mass is 357 g/mol. The van der Waals surface area contributed by atoms with Gasteiger partial charge in [-0.25, -0.2) is 0 Å². The van der Waals surface area contributed by atoms with Crippen molar-refractivity contribution in [2.24, 2.45) is 28.6 Å². The lowest BCUT2D eigenvalue weighted by atomic mass is 9.47. The maximum absolute atomic E-state index is 11.0. The lowest BCUT2D eigenvalue weighted by molar-refractivity contribution is -0.186. The zero-order chi connectivity index (χ0) is 18.2. The number of ether oxygens (including phenoxy) is 2. The van der Waals surface area contributed by atoms with Crippen molar-refractivity contribution in [1.29, 1.82) is 5.26 Å². The van der Waals surface area contributed by atoms with Gasteiger partial charge in [-0.15, -0.1) is 0 Å². The summed E-state index contributed by atoms with van der Waals surface area (Å²) in [6.45, 7) is 6.10. The van der Waals surface area contributed by atoms with Crippen LogP contribution in [0.1, 0.15) is 65.2 Å². The van der Waals surface area contributed by atoms with E-state index in [1.807, 2.05) is 0 Å². The predicted octanol–water partition coefficient (Wildman–Crippen LogP) is 3.95. The maximum Gasteiger partial charge on any atom is 0.172 e. The predicted molar refractivity (Wildman–Crippen MR) is 96.9 cm³/mol. The number of nitriles is 1. The Morgan fingerprint density at radius 3 is 2.54 bits per heavy atom. The number of hydrogen-bond donors (Lipinski definition) is 1. The number of rotatable bonds is 0. The number of aliphatic hydroxyl groups is 1. The Morgan fingerprint density at radius 1 is 1.08 bits per heavy atom. The lowest BCUT2D eigenvalue weighted by Crippen LogP contribution is -2.55. The van der Waals surface area contributed by atoms with Gasteiger partial charge >= 0.3 is 0 Å². The Morgan fingerprint density at radius 2 is 1.81 bits per heavy atom. The van der Waals surface area contributed by atoms with Crippen LogP contribution in [0.4, 0.5) is 0 Å². The molecule has 4 nitrogen and oxygen atoms in total. The van der Waals surface area contributed by atoms with Crippen LogP contribution in [0.2, 0.25) is 0 Å². The van der Waals surface area contributed by atoms with Crippen LogP contribution in [-0.2, 0) is 9.47 Å². The summed E-state index contributed by atoms with van der Waals surface area (Å²) in [6.07, 6.45) is 10.4. The molecule has 0 unspecified atom stereocenters. The van der Waals surface area contributed by atoms with E-state index in [0.717, 1.165) is 58.2 Å². The van der Waals surface area contributed by atoms with Crippen molar-refractivity contribution in [3.05, 3.63) is 11.6 Å². The van der Waals surface area contributed by atoms with Crippen LogP contribution in [0.3, 0.4) is 0 Å². The van der Waals surface area contributed by atoms with Gasteiger partial charge < -0.3 is 14.6 Å². The molecule has 1 spiro atoms. The molecule has 0 radical (unpaired) electrons. The molecule has 6 atom stereocenters. The van der Waals surface area contributed by atoms with Gasteiger partial charge in [-0.3, -0.25) is 0 Å². The summed E-state index contributed by atoms with van der Waals surface area (Å²) in [4.78, 5) is 0. The number of allylic oxidation sites excluding steroid dienone is 1. The van der Waals surface area contributed by atoms with Crippen molar-refractivity contribution in [2.45, 2.75) is 76.6 Å². The molecule has 1 saturated heterocycles. The molecule has 1 aliphatic heterocycles. The third-order valence-electron chi connectivity index (χ3n) is 9.26. The standard InChI is InChI=1S/C22H31NO3/c1-19-9-10-22(25-11-12-26-22)13-15(19)3-4-16-17(19)5-7-20(2)18(16)6-8-21(20,24)14-23/h3,16-18,24H,4-13H2,1-2H3/t16-,17+,18+,19-,20+,21+/m0/s1. The van der Waals surface area contributed by atoms with Crippen LogP contribution in [0, 0.1) is 39.9 Å². The highest BCUT2D eigenvalue weighted by Crippen LogP contribution is 2.67. The number of fused-ring (bicyclic) bond motifs is 5. The molecule has 3 saturated carbocycles. The molecular formula is C22H31NO3. The molecule has 0 bridgehead atoms. The van der Waals surface area contributed by atoms with Crippen molar-refractivity contribution in [2.75, 3.05) is 13.2 Å². The minimum Gasteiger partial charge on any atom is -0.375 e. The SMILES string of the molecule is C[C@]12CCC3(CC1=CC[C@H]1[C@H]2CC[C@]2(C)[C@@H]1CC[C@@]2(O)C#N)OCCO3. The summed E-state index contributed by atoms with van der Waals surface area (Å²) in [7, 11) is 0. The van der Waals surface area contributed by atoms with Gasteiger partial charge in [0.2, 0.25) is 0 Å². The highest BCUT2D eigenvalue weighted by atomic mass is 16.7. The molecule has 0 aromatic heterocycles. The number of hydrogen-bond acceptors (Lipinski definition) is 4. The fourth-order valence-electron chi connectivity index (χ4n) is 7.55. The normalized spacial score (nSPS) is 51.9. The highest BCUT2D eigenvalue weighted by Gasteiger charge is 2.64. The van der Waals surface area contributed by atoms with Crippen LogP contribution in [-0.4, -0.2) is 29.7 Å². The molecule has 5 rings (SSSR count). The lowest BCUT2D eigenvalue weighted by Gasteiger charge is -2.59. The van der Waals surface area contributed by atoms with Gasteiger partial charge in [0.15, 0.2) is 11.4 Å². The van der Waals surface area contributed by atoms with Crippen LogP contribution < -0.4 is 0 Å². The van der Waals surface area contributed by atoms with E-state index in [1.54, 1.807) is 5.57 Å². The zero-order valence-electron chi connectivity index (χ0n) is 16.1. The second-order valence-electron chi connectivity index (χ2n) is 10.0. The molecule has 4 heteroatoms. The zero-order valence-corrected chi connectivity index (χ0v) is 16.1. The van der Waals surface area contributed by atoms with Crippen molar-refractivity contribution in [3.63, 3.8) is 0 Å². The molecule has 5 aliphatic rings. The van der Waals surface area contributed by atoms with Crippen LogP contribution >= 0.6 is 0 Å². The summed E-state index contributed by atoms with van der Waals surface area (Å²) < 4.78 is 12.0. The Labute approximate surface area is 156 Å². The van der Waals surface area contributed by atoms with Crippen LogP contribution in [0.25, 0.3) is 0 Å². The molecule has 26 heavy (non-hydrogen) atoms. The van der Waals surface area contributed by atoms with Gasteiger partial charge in [0.1, 0.15) is 0 Å². The number of nitrogens with zero attached hydrogens (tertiary/aromatic N) is 1. The smallest absolute Gasteiger partial charge is 0.172 e. The van der Waals surface area contributed by atoms with E-state index >= 15 is 0 Å². The van der Waals surface area contributed by atoms with Gasteiger partial charge in [-0.1, -0.05) is 25.5 Å². The second-order valence-corrected chi connectivity index (χ2v) is 10.0. The Hall–Kier alpha value is -0.890. The minimum absolute atomic E-state index is 0.234. The molecule has 142 valence electrons. The molecule has 4 aliphatic carbocycles. The average molecular weight is 357 g/mol. The first-order valence-corrected chi connectivity index (χ1v) is 10.5. The average Bonchev–Trinajstić information content (AvgIpc) is 3.19. The first kappa shape index (κ1) is 17.2. The third kappa shape index (κ3) is 2.00. The Balaban J connectivity index is 1.47. The molecule has 1 N–H and O–H groups in total. The molecular weight excluding hydrogens is 326 g/mol. The van der Waals surface area contributed by atoms with E-state index in [1.165, 1.54) is 0 Å². The molecule has 0 aromatic rings. The van der Waals surface area contributed by atoms with Gasteiger partial charge in [-0.05, 0) is 61.7 Å². The quantitative estimate of drug-likeness (QED) is 0.527. The summed E-state index contributed by atoms with van der Waals surface area (Å²) in [5, 5.41) is 20.6. The van der Waals surface area contributed by atoms with Crippen molar-refractivity contribution in [3.8, 4) is 6.07 Å². The van der Waals surface area contributed by atoms with Gasteiger partial charge in [0.05, 0.1) is 19.3 Å². The van der Waals surface area contributed by atoms with Crippen molar-refractivity contribution >= 4 is 0 Å². The first-order chi connectivity index (χ1) is 12.4. The maximum atomic E-state index is 11.0. The summed E-state index contributed by atoms with van der Waals surface area (Å²) in [5.41, 5.74) is 0.412. The topological polar surface area (TPSA) is 62.5 Å². The molecule has 4 fully saturated rings. The summed E-state index contributed by atoms with van der Waals surface area (Å²) in [5.74, 6) is 1.38. The van der Waals surface area contributed by atoms with Gasteiger partial charge in [0, 0.05) is 18.3 Å². The van der Waals surface area contributed by atoms with Crippen LogP contribution in [0.5, 0.6) is 0 Å². The minimum atomic E-state index is -1.13. The van der Waals surface area contributed by atoms with E-state index in [4.69, 9.17) is 9.47 Å². The van der Waals surface area contributed by atoms with E-state index < -0.39 is 5.60 Å². The summed E-state index contributed by atoms with van der Waals surface area (Å²) >= 11 is 0. The highest BCUT2D eigenvalue weighted by molar-refractivity contribution is 5.28. The van der Waals surface area contributed by atoms with Crippen molar-refractivity contribution in [1.82, 2.24) is 0 Å². The largest absolute Gasteiger partial charge is 0.375 e. The molecule has 0 aromatic carbocycles. The Kier molecular flexibility index (Phi) is 3.54. The van der Waals surface area contributed by atoms with Gasteiger partial charge in [-0.2, -0.15) is 5.26 Å². The molecule has 1 heterocycles.